The van der Waals surface area contributed by atoms with Crippen molar-refractivity contribution in [3.05, 3.63) is 17.7 Å². The van der Waals surface area contributed by atoms with Crippen molar-refractivity contribution < 1.29 is 14.2 Å². The molecule has 6 nitrogen and oxygen atoms in total. The van der Waals surface area contributed by atoms with E-state index in [0.29, 0.717) is 35.8 Å². The van der Waals surface area contributed by atoms with Crippen LogP contribution >= 0.6 is 24.0 Å². The molecule has 0 amide bonds. The first-order valence-corrected chi connectivity index (χ1v) is 6.54. The van der Waals surface area contributed by atoms with Crippen LogP contribution in [0.2, 0.25) is 0 Å². The Morgan fingerprint density at radius 3 is 2.38 bits per heavy atom. The quantitative estimate of drug-likeness (QED) is 0.428. The molecule has 0 spiro atoms. The number of hydrogen-bond donors (Lipinski definition) is 2. The Hall–Kier alpha value is -1.38. The summed E-state index contributed by atoms with van der Waals surface area (Å²) in [5.41, 5.74) is 6.72. The smallest absolute Gasteiger partial charge is 0.203 e. The zero-order chi connectivity index (χ0) is 14.5. The van der Waals surface area contributed by atoms with E-state index in [0.717, 1.165) is 18.4 Å². The minimum Gasteiger partial charge on any atom is -0.493 e. The highest BCUT2D eigenvalue weighted by Crippen LogP contribution is 2.39. The largest absolute Gasteiger partial charge is 0.493 e. The molecule has 0 bridgehead atoms. The van der Waals surface area contributed by atoms with Gasteiger partial charge in [-0.15, -0.1) is 24.0 Å². The van der Waals surface area contributed by atoms with Crippen LogP contribution in [-0.2, 0) is 6.54 Å². The highest BCUT2D eigenvalue weighted by molar-refractivity contribution is 14.0. The Morgan fingerprint density at radius 1 is 1.19 bits per heavy atom. The molecule has 1 aliphatic carbocycles. The normalized spacial score (nSPS) is 14.1. The average molecular weight is 407 g/mol. The number of aliphatic imine (C=N–C) groups is 1. The molecule has 1 aliphatic rings. The van der Waals surface area contributed by atoms with Gasteiger partial charge in [-0.3, -0.25) is 0 Å². The Bertz CT molecular complexity index is 504. The van der Waals surface area contributed by atoms with E-state index in [9.17, 15) is 0 Å². The lowest BCUT2D eigenvalue weighted by molar-refractivity contribution is 0.322. The fourth-order valence-corrected chi connectivity index (χ4v) is 1.94. The number of hydrogen-bond acceptors (Lipinski definition) is 4. The van der Waals surface area contributed by atoms with Gasteiger partial charge in [-0.2, -0.15) is 0 Å². The molecular weight excluding hydrogens is 385 g/mol. The molecular formula is C14H22IN3O3. The van der Waals surface area contributed by atoms with Gasteiger partial charge in [0.05, 0.1) is 27.9 Å². The van der Waals surface area contributed by atoms with E-state index in [2.05, 4.69) is 10.3 Å². The van der Waals surface area contributed by atoms with Crippen molar-refractivity contribution in [3.8, 4) is 17.2 Å². The molecule has 21 heavy (non-hydrogen) atoms. The first-order chi connectivity index (χ1) is 9.69. The summed E-state index contributed by atoms with van der Waals surface area (Å²) in [6.45, 7) is 0.426. The Morgan fingerprint density at radius 2 is 1.86 bits per heavy atom. The van der Waals surface area contributed by atoms with Crippen LogP contribution in [0.4, 0.5) is 0 Å². The number of nitrogens with zero attached hydrogens (tertiary/aromatic N) is 1. The second kappa shape index (κ2) is 8.16. The summed E-state index contributed by atoms with van der Waals surface area (Å²) >= 11 is 0. The van der Waals surface area contributed by atoms with Gasteiger partial charge in [0.2, 0.25) is 5.75 Å². The summed E-state index contributed by atoms with van der Waals surface area (Å²) in [4.78, 5) is 4.32. The van der Waals surface area contributed by atoms with Crippen LogP contribution in [0.1, 0.15) is 18.4 Å². The second-order valence-corrected chi connectivity index (χ2v) is 4.61. The lowest BCUT2D eigenvalue weighted by Gasteiger charge is -2.15. The Labute approximate surface area is 142 Å². The van der Waals surface area contributed by atoms with Gasteiger partial charge in [-0.25, -0.2) is 4.99 Å². The van der Waals surface area contributed by atoms with E-state index >= 15 is 0 Å². The van der Waals surface area contributed by atoms with Gasteiger partial charge in [0.1, 0.15) is 0 Å². The van der Waals surface area contributed by atoms with Crippen LogP contribution in [0, 0.1) is 0 Å². The highest BCUT2D eigenvalue weighted by atomic mass is 127. The molecule has 0 saturated heterocycles. The molecule has 0 unspecified atom stereocenters. The molecule has 3 N–H and O–H groups in total. The van der Waals surface area contributed by atoms with Crippen molar-refractivity contribution in [2.24, 2.45) is 10.7 Å². The first kappa shape index (κ1) is 17.7. The third-order valence-corrected chi connectivity index (χ3v) is 3.13. The van der Waals surface area contributed by atoms with Gasteiger partial charge in [0.15, 0.2) is 17.5 Å². The lowest BCUT2D eigenvalue weighted by Crippen LogP contribution is -2.33. The number of methoxy groups -OCH3 is 3. The molecule has 118 valence electrons. The highest BCUT2D eigenvalue weighted by Gasteiger charge is 2.21. The van der Waals surface area contributed by atoms with Crippen molar-refractivity contribution in [1.82, 2.24) is 5.32 Å². The van der Waals surface area contributed by atoms with Crippen LogP contribution in [-0.4, -0.2) is 33.3 Å². The first-order valence-electron chi connectivity index (χ1n) is 6.54. The third kappa shape index (κ3) is 4.55. The summed E-state index contributed by atoms with van der Waals surface area (Å²) in [6, 6.07) is 4.22. The molecule has 1 aromatic carbocycles. The average Bonchev–Trinajstić information content (AvgIpc) is 3.27. The number of rotatable bonds is 6. The maximum absolute atomic E-state index is 5.82. The SMILES string of the molecule is COc1ccc(CN=C(N)NC2CC2)c(OC)c1OC.I. The third-order valence-electron chi connectivity index (χ3n) is 3.13. The minimum absolute atomic E-state index is 0. The fourth-order valence-electron chi connectivity index (χ4n) is 1.94. The number of guanidine groups is 1. The van der Waals surface area contributed by atoms with Gasteiger partial charge < -0.3 is 25.3 Å². The topological polar surface area (TPSA) is 78.1 Å². The molecule has 2 rings (SSSR count). The number of benzene rings is 1. The summed E-state index contributed by atoms with van der Waals surface area (Å²) < 4.78 is 16.0. The minimum atomic E-state index is 0. The van der Waals surface area contributed by atoms with E-state index in [1.54, 1.807) is 21.3 Å². The lowest BCUT2D eigenvalue weighted by atomic mass is 10.1. The maximum atomic E-state index is 5.82. The molecule has 0 aromatic heterocycles. The number of nitrogens with two attached hydrogens (primary N) is 1. The summed E-state index contributed by atoms with van der Waals surface area (Å²) in [6.07, 6.45) is 2.33. The zero-order valence-electron chi connectivity index (χ0n) is 12.5. The van der Waals surface area contributed by atoms with E-state index < -0.39 is 0 Å². The van der Waals surface area contributed by atoms with Crippen molar-refractivity contribution in [2.75, 3.05) is 21.3 Å². The van der Waals surface area contributed by atoms with Crippen LogP contribution in [0.15, 0.2) is 17.1 Å². The second-order valence-electron chi connectivity index (χ2n) is 4.61. The van der Waals surface area contributed by atoms with Crippen LogP contribution < -0.4 is 25.3 Å². The van der Waals surface area contributed by atoms with Gasteiger partial charge >= 0.3 is 0 Å². The van der Waals surface area contributed by atoms with Crippen molar-refractivity contribution in [1.29, 1.82) is 0 Å². The van der Waals surface area contributed by atoms with Crippen molar-refractivity contribution >= 4 is 29.9 Å². The number of nitrogens with one attached hydrogen (secondary N) is 1. The number of halogens is 1. The van der Waals surface area contributed by atoms with Gasteiger partial charge in [-0.05, 0) is 25.0 Å². The van der Waals surface area contributed by atoms with Crippen LogP contribution in [0.25, 0.3) is 0 Å². The van der Waals surface area contributed by atoms with E-state index in [1.165, 1.54) is 0 Å². The Balaban J connectivity index is 0.00000220. The predicted octanol–water partition coefficient (Wildman–Crippen LogP) is 1.90. The monoisotopic (exact) mass is 407 g/mol. The van der Waals surface area contributed by atoms with E-state index in [4.69, 9.17) is 19.9 Å². The molecule has 1 fully saturated rings. The van der Waals surface area contributed by atoms with E-state index in [-0.39, 0.29) is 24.0 Å². The molecule has 0 radical (unpaired) electrons. The standard InChI is InChI=1S/C14H21N3O3.HI/c1-18-11-7-4-9(12(19-2)13(11)20-3)8-16-14(15)17-10-5-6-10;/h4,7,10H,5-6,8H2,1-3H3,(H3,15,16,17);1H. The molecule has 1 aromatic rings. The summed E-state index contributed by atoms with van der Waals surface area (Å²) in [5.74, 6) is 2.27. The molecule has 0 heterocycles. The van der Waals surface area contributed by atoms with Crippen molar-refractivity contribution in [2.45, 2.75) is 25.4 Å². The molecule has 1 saturated carbocycles. The summed E-state index contributed by atoms with van der Waals surface area (Å²) in [5, 5.41) is 3.14. The van der Waals surface area contributed by atoms with Crippen LogP contribution in [0.5, 0.6) is 17.2 Å². The Kier molecular flexibility index (Phi) is 6.86. The van der Waals surface area contributed by atoms with E-state index in [1.807, 2.05) is 12.1 Å². The van der Waals surface area contributed by atoms with Gasteiger partial charge in [-0.1, -0.05) is 0 Å². The van der Waals surface area contributed by atoms with Gasteiger partial charge in [0.25, 0.3) is 0 Å². The summed E-state index contributed by atoms with van der Waals surface area (Å²) in [7, 11) is 4.76. The number of ether oxygens (including phenoxy) is 3. The van der Waals surface area contributed by atoms with Crippen LogP contribution in [0.3, 0.4) is 0 Å². The maximum Gasteiger partial charge on any atom is 0.203 e. The zero-order valence-corrected chi connectivity index (χ0v) is 14.8. The molecule has 7 heteroatoms. The molecule has 0 aliphatic heterocycles. The van der Waals surface area contributed by atoms with Crippen molar-refractivity contribution in [3.63, 3.8) is 0 Å². The van der Waals surface area contributed by atoms with Gasteiger partial charge in [0, 0.05) is 11.6 Å². The fraction of sp³-hybridized carbons (Fsp3) is 0.500. The molecule has 0 atom stereocenters. The predicted molar refractivity (Wildman–Crippen MR) is 93.0 cm³/mol.